The van der Waals surface area contributed by atoms with Gasteiger partial charge in [-0.05, 0) is 102 Å². The number of rotatable bonds is 7. The SMILES string of the molecule is COc1cc(/C=C2/SC(=O)N(CC(=O)Nc3ccc(C)c(C)c3)C2=O)cc(Br)c1OC(C)C. The highest BCUT2D eigenvalue weighted by molar-refractivity contribution is 9.10. The maximum Gasteiger partial charge on any atom is 0.294 e. The minimum absolute atomic E-state index is 0.0486. The van der Waals surface area contributed by atoms with Crippen LogP contribution in [0.4, 0.5) is 10.5 Å². The van der Waals surface area contributed by atoms with Gasteiger partial charge in [0, 0.05) is 5.69 Å². The second kappa shape index (κ2) is 10.4. The first-order valence-corrected chi connectivity index (χ1v) is 11.9. The fraction of sp³-hybridized carbons (Fsp3) is 0.292. The Kier molecular flexibility index (Phi) is 7.86. The number of halogens is 1. The Morgan fingerprint density at radius 3 is 2.55 bits per heavy atom. The molecule has 0 bridgehead atoms. The molecule has 33 heavy (non-hydrogen) atoms. The molecule has 0 unspecified atom stereocenters. The van der Waals surface area contributed by atoms with E-state index in [0.29, 0.717) is 27.2 Å². The van der Waals surface area contributed by atoms with E-state index in [2.05, 4.69) is 21.2 Å². The number of hydrogen-bond donors (Lipinski definition) is 1. The first kappa shape index (κ1) is 24.9. The van der Waals surface area contributed by atoms with Crippen molar-refractivity contribution in [3.05, 3.63) is 56.4 Å². The van der Waals surface area contributed by atoms with E-state index in [9.17, 15) is 14.4 Å². The van der Waals surface area contributed by atoms with Gasteiger partial charge >= 0.3 is 0 Å². The second-order valence-corrected chi connectivity index (χ2v) is 9.66. The molecule has 1 aliphatic rings. The molecule has 0 aliphatic carbocycles. The Morgan fingerprint density at radius 1 is 1.18 bits per heavy atom. The number of carbonyl (C=O) groups excluding carboxylic acids is 3. The molecular formula is C24H25BrN2O5S. The van der Waals surface area contributed by atoms with E-state index in [1.165, 1.54) is 7.11 Å². The summed E-state index contributed by atoms with van der Waals surface area (Å²) >= 11 is 4.27. The molecule has 0 spiro atoms. The molecule has 3 amide bonds. The maximum absolute atomic E-state index is 12.8. The topological polar surface area (TPSA) is 84.9 Å². The second-order valence-electron chi connectivity index (χ2n) is 7.82. The lowest BCUT2D eigenvalue weighted by Crippen LogP contribution is -2.36. The minimum atomic E-state index is -0.516. The smallest absolute Gasteiger partial charge is 0.294 e. The monoisotopic (exact) mass is 532 g/mol. The van der Waals surface area contributed by atoms with Crippen LogP contribution in [0.3, 0.4) is 0 Å². The first-order chi connectivity index (χ1) is 15.6. The van der Waals surface area contributed by atoms with Gasteiger partial charge in [0.25, 0.3) is 11.1 Å². The zero-order valence-corrected chi connectivity index (χ0v) is 21.4. The summed E-state index contributed by atoms with van der Waals surface area (Å²) in [7, 11) is 1.53. The van der Waals surface area contributed by atoms with Crippen molar-refractivity contribution in [1.29, 1.82) is 0 Å². The van der Waals surface area contributed by atoms with E-state index in [1.807, 2.05) is 39.8 Å². The van der Waals surface area contributed by atoms with E-state index in [0.717, 1.165) is 27.8 Å². The fourth-order valence-corrected chi connectivity index (χ4v) is 4.52. The molecule has 2 aromatic carbocycles. The van der Waals surface area contributed by atoms with Gasteiger partial charge in [0.15, 0.2) is 11.5 Å². The number of amides is 3. The van der Waals surface area contributed by atoms with Crippen LogP contribution in [0.1, 0.15) is 30.5 Å². The van der Waals surface area contributed by atoms with Crippen LogP contribution >= 0.6 is 27.7 Å². The molecule has 1 fully saturated rings. The zero-order valence-electron chi connectivity index (χ0n) is 19.0. The standard InChI is InChI=1S/C24H25BrN2O5S/c1-13(2)32-22-18(25)9-16(10-19(22)31-5)11-20-23(29)27(24(30)33-20)12-21(28)26-17-7-6-14(3)15(4)8-17/h6-11,13H,12H2,1-5H3,(H,26,28)/b20-11+. The summed E-state index contributed by atoms with van der Waals surface area (Å²) < 4.78 is 11.9. The lowest BCUT2D eigenvalue weighted by Gasteiger charge is -2.16. The highest BCUT2D eigenvalue weighted by atomic mass is 79.9. The van der Waals surface area contributed by atoms with E-state index in [-0.39, 0.29) is 17.6 Å². The van der Waals surface area contributed by atoms with Crippen LogP contribution in [-0.4, -0.2) is 41.7 Å². The van der Waals surface area contributed by atoms with Gasteiger partial charge in [-0.2, -0.15) is 0 Å². The fourth-order valence-electron chi connectivity index (χ4n) is 3.12. The van der Waals surface area contributed by atoms with Crippen LogP contribution in [0.5, 0.6) is 11.5 Å². The third kappa shape index (κ3) is 5.97. The normalized spacial score (nSPS) is 14.9. The number of carbonyl (C=O) groups is 3. The average Bonchev–Trinajstić information content (AvgIpc) is 2.99. The summed E-state index contributed by atoms with van der Waals surface area (Å²) in [6.45, 7) is 7.38. The number of methoxy groups -OCH3 is 1. The number of ether oxygens (including phenoxy) is 2. The zero-order chi connectivity index (χ0) is 24.3. The number of thioether (sulfide) groups is 1. The minimum Gasteiger partial charge on any atom is -0.493 e. The average molecular weight is 533 g/mol. The van der Waals surface area contributed by atoms with Crippen molar-refractivity contribution in [3.8, 4) is 11.5 Å². The Hall–Kier alpha value is -2.78. The van der Waals surface area contributed by atoms with Crippen molar-refractivity contribution >= 4 is 56.5 Å². The van der Waals surface area contributed by atoms with Gasteiger partial charge < -0.3 is 14.8 Å². The van der Waals surface area contributed by atoms with Crippen LogP contribution < -0.4 is 14.8 Å². The molecule has 1 aliphatic heterocycles. The largest absolute Gasteiger partial charge is 0.493 e. The third-order valence-electron chi connectivity index (χ3n) is 4.87. The van der Waals surface area contributed by atoms with Crippen LogP contribution in [0.15, 0.2) is 39.7 Å². The third-order valence-corrected chi connectivity index (χ3v) is 6.37. The molecule has 9 heteroatoms. The van der Waals surface area contributed by atoms with E-state index < -0.39 is 17.1 Å². The summed E-state index contributed by atoms with van der Waals surface area (Å²) in [5.74, 6) is 0.0938. The van der Waals surface area contributed by atoms with Gasteiger partial charge in [0.2, 0.25) is 5.91 Å². The van der Waals surface area contributed by atoms with Crippen LogP contribution in [-0.2, 0) is 9.59 Å². The summed E-state index contributed by atoms with van der Waals surface area (Å²) in [6, 6.07) is 9.03. The lowest BCUT2D eigenvalue weighted by molar-refractivity contribution is -0.127. The van der Waals surface area contributed by atoms with Crippen molar-refractivity contribution in [2.75, 3.05) is 19.0 Å². The molecular weight excluding hydrogens is 508 g/mol. The number of anilines is 1. The molecule has 0 saturated carbocycles. The number of imide groups is 1. The van der Waals surface area contributed by atoms with E-state index in [1.54, 1.807) is 24.3 Å². The van der Waals surface area contributed by atoms with Gasteiger partial charge in [-0.3, -0.25) is 19.3 Å². The van der Waals surface area contributed by atoms with Crippen LogP contribution in [0.25, 0.3) is 6.08 Å². The maximum atomic E-state index is 12.8. The predicted molar refractivity (Wildman–Crippen MR) is 134 cm³/mol. The van der Waals surface area contributed by atoms with Crippen molar-refractivity contribution in [3.63, 3.8) is 0 Å². The number of nitrogens with zero attached hydrogens (tertiary/aromatic N) is 1. The number of nitrogens with one attached hydrogen (secondary N) is 1. The first-order valence-electron chi connectivity index (χ1n) is 10.3. The molecule has 0 radical (unpaired) electrons. The molecule has 0 atom stereocenters. The van der Waals surface area contributed by atoms with Gasteiger partial charge in [-0.1, -0.05) is 6.07 Å². The van der Waals surface area contributed by atoms with Crippen molar-refractivity contribution < 1.29 is 23.9 Å². The molecule has 0 aromatic heterocycles. The summed E-state index contributed by atoms with van der Waals surface area (Å²) in [4.78, 5) is 38.9. The van der Waals surface area contributed by atoms with Crippen LogP contribution in [0.2, 0.25) is 0 Å². The Balaban J connectivity index is 1.76. The lowest BCUT2D eigenvalue weighted by atomic mass is 10.1. The van der Waals surface area contributed by atoms with Gasteiger partial charge in [0.1, 0.15) is 6.54 Å². The molecule has 2 aromatic rings. The van der Waals surface area contributed by atoms with Gasteiger partial charge in [-0.15, -0.1) is 0 Å². The molecule has 1 N–H and O–H groups in total. The van der Waals surface area contributed by atoms with Crippen LogP contribution in [0, 0.1) is 13.8 Å². The molecule has 174 valence electrons. The molecule has 1 heterocycles. The van der Waals surface area contributed by atoms with Gasteiger partial charge in [-0.25, -0.2) is 0 Å². The Bertz CT molecular complexity index is 1150. The Labute approximate surface area is 205 Å². The molecule has 1 saturated heterocycles. The van der Waals surface area contributed by atoms with E-state index in [4.69, 9.17) is 9.47 Å². The highest BCUT2D eigenvalue weighted by Gasteiger charge is 2.36. The van der Waals surface area contributed by atoms with Gasteiger partial charge in [0.05, 0.1) is 22.6 Å². The quantitative estimate of drug-likeness (QED) is 0.471. The van der Waals surface area contributed by atoms with E-state index >= 15 is 0 Å². The summed E-state index contributed by atoms with van der Waals surface area (Å²) in [5.41, 5.74) is 3.41. The van der Waals surface area contributed by atoms with Crippen molar-refractivity contribution in [2.45, 2.75) is 33.8 Å². The molecule has 7 nitrogen and oxygen atoms in total. The molecule has 3 rings (SSSR count). The number of benzene rings is 2. The number of aryl methyl sites for hydroxylation is 2. The Morgan fingerprint density at radius 2 is 1.91 bits per heavy atom. The number of hydrogen-bond acceptors (Lipinski definition) is 6. The van der Waals surface area contributed by atoms with Crippen molar-refractivity contribution in [2.24, 2.45) is 0 Å². The predicted octanol–water partition coefficient (Wildman–Crippen LogP) is 5.54. The highest BCUT2D eigenvalue weighted by Crippen LogP contribution is 2.39. The summed E-state index contributed by atoms with van der Waals surface area (Å²) in [6.07, 6.45) is 1.55. The summed E-state index contributed by atoms with van der Waals surface area (Å²) in [5, 5.41) is 2.24. The van der Waals surface area contributed by atoms with Crippen molar-refractivity contribution in [1.82, 2.24) is 4.90 Å².